The van der Waals surface area contributed by atoms with E-state index in [1.165, 1.54) is 5.56 Å². The first-order valence-electron chi connectivity index (χ1n) is 8.09. The van der Waals surface area contributed by atoms with Gasteiger partial charge >= 0.3 is 0 Å². The molecular formula is C19H20N2OS. The molecule has 3 nitrogen and oxygen atoms in total. The number of amidine groups is 1. The van der Waals surface area contributed by atoms with Crippen molar-refractivity contribution in [3.05, 3.63) is 71.8 Å². The van der Waals surface area contributed by atoms with Crippen LogP contribution >= 0.6 is 11.8 Å². The van der Waals surface area contributed by atoms with E-state index < -0.39 is 5.72 Å². The fourth-order valence-corrected chi connectivity index (χ4v) is 4.90. The molecular weight excluding hydrogens is 304 g/mol. The molecule has 118 valence electrons. The highest BCUT2D eigenvalue weighted by molar-refractivity contribution is 8.14. The molecule has 0 aliphatic carbocycles. The number of hydrogen-bond acceptors (Lipinski definition) is 4. The highest BCUT2D eigenvalue weighted by Gasteiger charge is 2.53. The number of nitrogens with zero attached hydrogens (tertiary/aromatic N) is 2. The Morgan fingerprint density at radius 1 is 1.09 bits per heavy atom. The number of aliphatic hydroxyl groups is 1. The topological polar surface area (TPSA) is 35.8 Å². The Balaban J connectivity index is 1.62. The Morgan fingerprint density at radius 3 is 2.52 bits per heavy atom. The molecule has 1 saturated heterocycles. The summed E-state index contributed by atoms with van der Waals surface area (Å²) in [5.74, 6) is 0. The van der Waals surface area contributed by atoms with Crippen molar-refractivity contribution in [2.45, 2.75) is 23.8 Å². The van der Waals surface area contributed by atoms with E-state index in [-0.39, 0.29) is 5.25 Å². The minimum Gasteiger partial charge on any atom is -0.366 e. The molecule has 0 radical (unpaired) electrons. The summed E-state index contributed by atoms with van der Waals surface area (Å²) in [7, 11) is 0. The molecule has 0 bridgehead atoms. The summed E-state index contributed by atoms with van der Waals surface area (Å²) < 4.78 is 0. The van der Waals surface area contributed by atoms with Gasteiger partial charge in [0.2, 0.25) is 0 Å². The molecule has 0 saturated carbocycles. The van der Waals surface area contributed by atoms with E-state index in [2.05, 4.69) is 34.2 Å². The molecule has 0 spiro atoms. The fraction of sp³-hybridized carbons (Fsp3) is 0.316. The van der Waals surface area contributed by atoms with Gasteiger partial charge in [-0.1, -0.05) is 72.4 Å². The van der Waals surface area contributed by atoms with Crippen LogP contribution in [0.15, 0.2) is 65.7 Å². The Kier molecular flexibility index (Phi) is 3.87. The van der Waals surface area contributed by atoms with Crippen molar-refractivity contribution in [2.24, 2.45) is 4.99 Å². The van der Waals surface area contributed by atoms with Crippen molar-refractivity contribution in [1.82, 2.24) is 4.90 Å². The van der Waals surface area contributed by atoms with Gasteiger partial charge in [-0.3, -0.25) is 4.99 Å². The maximum atomic E-state index is 11.6. The SMILES string of the molecule is OC1(c2ccccc2)C(CCc2ccccc2)SC2=NCCN21. The molecule has 0 aromatic heterocycles. The summed E-state index contributed by atoms with van der Waals surface area (Å²) >= 11 is 1.73. The lowest BCUT2D eigenvalue weighted by Crippen LogP contribution is -2.48. The Labute approximate surface area is 141 Å². The predicted molar refractivity (Wildman–Crippen MR) is 95.5 cm³/mol. The van der Waals surface area contributed by atoms with E-state index in [4.69, 9.17) is 0 Å². The van der Waals surface area contributed by atoms with E-state index in [0.717, 1.165) is 36.7 Å². The molecule has 2 aliphatic rings. The van der Waals surface area contributed by atoms with Crippen molar-refractivity contribution in [2.75, 3.05) is 13.1 Å². The third-order valence-corrected chi connectivity index (χ3v) is 6.06. The average molecular weight is 324 g/mol. The van der Waals surface area contributed by atoms with Crippen molar-refractivity contribution in [3.8, 4) is 0 Å². The summed E-state index contributed by atoms with van der Waals surface area (Å²) in [6.45, 7) is 1.58. The summed E-state index contributed by atoms with van der Waals surface area (Å²) in [6.07, 6.45) is 1.89. The van der Waals surface area contributed by atoms with Gasteiger partial charge in [0.05, 0.1) is 11.8 Å². The lowest BCUT2D eigenvalue weighted by Gasteiger charge is -2.36. The van der Waals surface area contributed by atoms with Crippen LogP contribution in [0.1, 0.15) is 17.5 Å². The number of thioether (sulfide) groups is 1. The number of rotatable bonds is 4. The molecule has 1 fully saturated rings. The Morgan fingerprint density at radius 2 is 1.78 bits per heavy atom. The maximum absolute atomic E-state index is 11.6. The van der Waals surface area contributed by atoms with Crippen LogP contribution < -0.4 is 0 Å². The zero-order valence-electron chi connectivity index (χ0n) is 12.9. The molecule has 23 heavy (non-hydrogen) atoms. The molecule has 4 heteroatoms. The van der Waals surface area contributed by atoms with Gasteiger partial charge in [-0.15, -0.1) is 0 Å². The van der Waals surface area contributed by atoms with Crippen LogP contribution in [0, 0.1) is 0 Å². The predicted octanol–water partition coefficient (Wildman–Crippen LogP) is 3.25. The largest absolute Gasteiger partial charge is 0.366 e. The van der Waals surface area contributed by atoms with Crippen molar-refractivity contribution < 1.29 is 5.11 Å². The first-order valence-corrected chi connectivity index (χ1v) is 8.97. The second-order valence-electron chi connectivity index (χ2n) is 6.04. The summed E-state index contributed by atoms with van der Waals surface area (Å²) in [4.78, 5) is 6.66. The highest BCUT2D eigenvalue weighted by atomic mass is 32.2. The van der Waals surface area contributed by atoms with Gasteiger partial charge in [-0.2, -0.15) is 0 Å². The zero-order chi connectivity index (χ0) is 15.7. The molecule has 2 aliphatic heterocycles. The second-order valence-corrected chi connectivity index (χ2v) is 7.21. The minimum absolute atomic E-state index is 0.101. The van der Waals surface area contributed by atoms with Gasteiger partial charge in [0.15, 0.2) is 10.9 Å². The van der Waals surface area contributed by atoms with Gasteiger partial charge in [0, 0.05) is 12.1 Å². The van der Waals surface area contributed by atoms with Crippen LogP contribution in [-0.2, 0) is 12.1 Å². The Hall–Kier alpha value is -1.78. The Bertz CT molecular complexity index is 704. The molecule has 4 rings (SSSR count). The smallest absolute Gasteiger partial charge is 0.178 e. The minimum atomic E-state index is -0.948. The molecule has 2 unspecified atom stereocenters. The number of aryl methyl sites for hydroxylation is 1. The number of hydrogen-bond donors (Lipinski definition) is 1. The van der Waals surface area contributed by atoms with E-state index in [1.807, 2.05) is 36.4 Å². The quantitative estimate of drug-likeness (QED) is 0.938. The van der Waals surface area contributed by atoms with Crippen LogP contribution in [0.5, 0.6) is 0 Å². The average Bonchev–Trinajstić information content (AvgIpc) is 3.17. The molecule has 2 aromatic carbocycles. The van der Waals surface area contributed by atoms with E-state index in [9.17, 15) is 5.11 Å². The van der Waals surface area contributed by atoms with E-state index >= 15 is 0 Å². The van der Waals surface area contributed by atoms with Crippen LogP contribution in [-0.4, -0.2) is 33.5 Å². The van der Waals surface area contributed by atoms with Crippen molar-refractivity contribution in [3.63, 3.8) is 0 Å². The van der Waals surface area contributed by atoms with Gasteiger partial charge < -0.3 is 10.0 Å². The highest BCUT2D eigenvalue weighted by Crippen LogP contribution is 2.48. The van der Waals surface area contributed by atoms with Crippen molar-refractivity contribution >= 4 is 16.9 Å². The van der Waals surface area contributed by atoms with Crippen LogP contribution in [0.25, 0.3) is 0 Å². The number of aliphatic imine (C=N–C) groups is 1. The maximum Gasteiger partial charge on any atom is 0.178 e. The number of fused-ring (bicyclic) bond motifs is 1. The fourth-order valence-electron chi connectivity index (χ4n) is 3.45. The molecule has 1 N–H and O–H groups in total. The second kappa shape index (κ2) is 6.02. The van der Waals surface area contributed by atoms with Crippen LogP contribution in [0.4, 0.5) is 0 Å². The van der Waals surface area contributed by atoms with Crippen LogP contribution in [0.2, 0.25) is 0 Å². The number of benzene rings is 2. The van der Waals surface area contributed by atoms with E-state index in [1.54, 1.807) is 11.8 Å². The van der Waals surface area contributed by atoms with E-state index in [0.29, 0.717) is 0 Å². The molecule has 2 aromatic rings. The normalized spacial score (nSPS) is 26.2. The van der Waals surface area contributed by atoms with Gasteiger partial charge in [0.1, 0.15) is 0 Å². The monoisotopic (exact) mass is 324 g/mol. The zero-order valence-corrected chi connectivity index (χ0v) is 13.7. The third-order valence-electron chi connectivity index (χ3n) is 4.65. The summed E-state index contributed by atoms with van der Waals surface area (Å²) in [5.41, 5.74) is 1.34. The van der Waals surface area contributed by atoms with Crippen LogP contribution in [0.3, 0.4) is 0 Å². The molecule has 2 heterocycles. The summed E-state index contributed by atoms with van der Waals surface area (Å²) in [5, 5.41) is 12.7. The molecule has 0 amide bonds. The standard InChI is InChI=1S/C19H20N2OS/c22-19(16-9-5-2-6-10-16)17(23-18-20-13-14-21(18)19)12-11-15-7-3-1-4-8-15/h1-10,17,22H,11-14H2. The first kappa shape index (κ1) is 14.8. The first-order chi connectivity index (χ1) is 11.3. The third kappa shape index (κ3) is 2.56. The lowest BCUT2D eigenvalue weighted by molar-refractivity contribution is -0.0671. The van der Waals surface area contributed by atoms with Crippen molar-refractivity contribution in [1.29, 1.82) is 0 Å². The van der Waals surface area contributed by atoms with Gasteiger partial charge in [0.25, 0.3) is 0 Å². The van der Waals surface area contributed by atoms with Gasteiger partial charge in [-0.05, 0) is 18.4 Å². The lowest BCUT2D eigenvalue weighted by atomic mass is 9.93. The summed E-state index contributed by atoms with van der Waals surface area (Å²) in [6, 6.07) is 20.5. The molecule has 2 atom stereocenters. The van der Waals surface area contributed by atoms with Gasteiger partial charge in [-0.25, -0.2) is 0 Å².